The molecule has 0 aliphatic rings. The molecule has 1 aromatic heterocycles. The van der Waals surface area contributed by atoms with E-state index in [1.165, 1.54) is 29.5 Å². The van der Waals surface area contributed by atoms with Crippen LogP contribution in [0.5, 0.6) is 0 Å². The molecule has 0 aliphatic heterocycles. The fourth-order valence-corrected chi connectivity index (χ4v) is 3.39. The van der Waals surface area contributed by atoms with Gasteiger partial charge in [-0.3, -0.25) is 0 Å². The van der Waals surface area contributed by atoms with Gasteiger partial charge in [-0.15, -0.1) is 11.3 Å². The summed E-state index contributed by atoms with van der Waals surface area (Å²) in [7, 11) is 0. The smallest absolute Gasteiger partial charge is 0.146 e. The summed E-state index contributed by atoms with van der Waals surface area (Å²) in [5.41, 5.74) is 1.18. The van der Waals surface area contributed by atoms with Crippen molar-refractivity contribution in [1.29, 1.82) is 0 Å². The largest absolute Gasteiger partial charge is 0.376 e. The fourth-order valence-electron chi connectivity index (χ4n) is 1.57. The van der Waals surface area contributed by atoms with Gasteiger partial charge in [0.1, 0.15) is 5.82 Å². The fraction of sp³-hybridized carbons (Fsp3) is 0.167. The zero-order valence-electron chi connectivity index (χ0n) is 9.31. The predicted molar refractivity (Wildman–Crippen MR) is 77.8 cm³/mol. The molecule has 1 atom stereocenters. The van der Waals surface area contributed by atoms with Crippen LogP contribution in [0.4, 0.5) is 10.1 Å². The minimum Gasteiger partial charge on any atom is -0.376 e. The van der Waals surface area contributed by atoms with Crippen molar-refractivity contribution in [3.8, 4) is 0 Å². The van der Waals surface area contributed by atoms with Crippen LogP contribution >= 0.6 is 46.1 Å². The molecule has 1 aromatic carbocycles. The summed E-state index contributed by atoms with van der Waals surface area (Å²) in [6.07, 6.45) is 0. The molecule has 2 aromatic rings. The standard InChI is InChI=1S/C12H9Cl3FNS/c1-6(8-5-11(14)18-12(8)15)17-10-4-7(13)2-3-9(10)16/h2-6,17H,1H3. The number of anilines is 1. The highest BCUT2D eigenvalue weighted by atomic mass is 35.5. The highest BCUT2D eigenvalue weighted by Crippen LogP contribution is 2.36. The third kappa shape index (κ3) is 3.09. The molecule has 1 unspecified atom stereocenters. The first-order chi connectivity index (χ1) is 8.47. The van der Waals surface area contributed by atoms with E-state index in [1.54, 1.807) is 6.07 Å². The topological polar surface area (TPSA) is 12.0 Å². The highest BCUT2D eigenvalue weighted by molar-refractivity contribution is 7.20. The summed E-state index contributed by atoms with van der Waals surface area (Å²) >= 11 is 19.0. The molecule has 0 spiro atoms. The van der Waals surface area contributed by atoms with Gasteiger partial charge in [0.15, 0.2) is 0 Å². The summed E-state index contributed by atoms with van der Waals surface area (Å²) in [5, 5.41) is 3.50. The first kappa shape index (κ1) is 13.9. The summed E-state index contributed by atoms with van der Waals surface area (Å²) < 4.78 is 14.8. The Hall–Kier alpha value is -0.480. The normalized spacial score (nSPS) is 12.5. The Bertz CT molecular complexity index is 570. The van der Waals surface area contributed by atoms with Crippen molar-refractivity contribution >= 4 is 51.8 Å². The van der Waals surface area contributed by atoms with Crippen LogP contribution in [0.1, 0.15) is 18.5 Å². The molecule has 0 saturated heterocycles. The van der Waals surface area contributed by atoms with Crippen molar-refractivity contribution in [2.75, 3.05) is 5.32 Å². The van der Waals surface area contributed by atoms with E-state index in [-0.39, 0.29) is 11.9 Å². The van der Waals surface area contributed by atoms with Crippen LogP contribution in [0.2, 0.25) is 13.7 Å². The Balaban J connectivity index is 2.23. The molecule has 96 valence electrons. The molecule has 0 amide bonds. The van der Waals surface area contributed by atoms with Gasteiger partial charge in [-0.25, -0.2) is 4.39 Å². The van der Waals surface area contributed by atoms with Crippen molar-refractivity contribution in [2.45, 2.75) is 13.0 Å². The van der Waals surface area contributed by atoms with Gasteiger partial charge in [0.05, 0.1) is 20.4 Å². The van der Waals surface area contributed by atoms with Crippen LogP contribution in [0.3, 0.4) is 0 Å². The molecule has 1 nitrogen and oxygen atoms in total. The Morgan fingerprint density at radius 1 is 1.22 bits per heavy atom. The second kappa shape index (κ2) is 5.66. The van der Waals surface area contributed by atoms with Crippen molar-refractivity contribution in [3.63, 3.8) is 0 Å². The van der Waals surface area contributed by atoms with Crippen LogP contribution < -0.4 is 5.32 Å². The van der Waals surface area contributed by atoms with E-state index in [0.29, 0.717) is 19.4 Å². The van der Waals surface area contributed by atoms with Crippen molar-refractivity contribution in [1.82, 2.24) is 0 Å². The van der Waals surface area contributed by atoms with E-state index in [1.807, 2.05) is 6.92 Å². The second-order valence-electron chi connectivity index (χ2n) is 3.77. The van der Waals surface area contributed by atoms with Gasteiger partial charge in [-0.05, 0) is 31.2 Å². The van der Waals surface area contributed by atoms with Crippen LogP contribution in [0.25, 0.3) is 0 Å². The second-order valence-corrected chi connectivity index (χ2v) is 6.49. The lowest BCUT2D eigenvalue weighted by Gasteiger charge is -2.15. The lowest BCUT2D eigenvalue weighted by Crippen LogP contribution is -2.07. The van der Waals surface area contributed by atoms with E-state index in [4.69, 9.17) is 34.8 Å². The van der Waals surface area contributed by atoms with Crippen LogP contribution in [0, 0.1) is 5.82 Å². The molecular weight excluding hydrogens is 316 g/mol. The minimum atomic E-state index is -0.358. The molecule has 0 aliphatic carbocycles. The van der Waals surface area contributed by atoms with E-state index in [0.717, 1.165) is 5.56 Å². The Morgan fingerprint density at radius 3 is 2.56 bits per heavy atom. The first-order valence-corrected chi connectivity index (χ1v) is 7.08. The molecule has 6 heteroatoms. The quantitative estimate of drug-likeness (QED) is 0.728. The van der Waals surface area contributed by atoms with E-state index in [2.05, 4.69) is 5.32 Å². The summed E-state index contributed by atoms with van der Waals surface area (Å²) in [4.78, 5) is 0. The van der Waals surface area contributed by atoms with Gasteiger partial charge in [0.25, 0.3) is 0 Å². The van der Waals surface area contributed by atoms with Gasteiger partial charge in [0.2, 0.25) is 0 Å². The number of nitrogens with one attached hydrogen (secondary N) is 1. The maximum Gasteiger partial charge on any atom is 0.146 e. The summed E-state index contributed by atoms with van der Waals surface area (Å²) in [6, 6.07) is 5.97. The zero-order chi connectivity index (χ0) is 13.3. The molecule has 0 bridgehead atoms. The Morgan fingerprint density at radius 2 is 1.94 bits per heavy atom. The van der Waals surface area contributed by atoms with Gasteiger partial charge in [-0.2, -0.15) is 0 Å². The van der Waals surface area contributed by atoms with E-state index in [9.17, 15) is 4.39 Å². The monoisotopic (exact) mass is 323 g/mol. The average molecular weight is 325 g/mol. The number of benzene rings is 1. The predicted octanol–water partition coefficient (Wildman–Crippen LogP) is 6.02. The van der Waals surface area contributed by atoms with Gasteiger partial charge in [0, 0.05) is 10.6 Å². The number of rotatable bonds is 3. The van der Waals surface area contributed by atoms with Crippen molar-refractivity contribution in [3.05, 3.63) is 49.3 Å². The van der Waals surface area contributed by atoms with Gasteiger partial charge >= 0.3 is 0 Å². The summed E-state index contributed by atoms with van der Waals surface area (Å²) in [5.74, 6) is -0.358. The van der Waals surface area contributed by atoms with Crippen LogP contribution in [-0.2, 0) is 0 Å². The Kier molecular flexibility index (Phi) is 4.38. The lowest BCUT2D eigenvalue weighted by molar-refractivity contribution is 0.627. The average Bonchev–Trinajstić information content (AvgIpc) is 2.63. The number of hydrogen-bond acceptors (Lipinski definition) is 2. The lowest BCUT2D eigenvalue weighted by atomic mass is 10.1. The minimum absolute atomic E-state index is 0.158. The van der Waals surface area contributed by atoms with E-state index < -0.39 is 0 Å². The highest BCUT2D eigenvalue weighted by Gasteiger charge is 2.14. The Labute approximate surface area is 123 Å². The zero-order valence-corrected chi connectivity index (χ0v) is 12.4. The molecule has 18 heavy (non-hydrogen) atoms. The first-order valence-electron chi connectivity index (χ1n) is 5.13. The number of thiophene rings is 1. The maximum atomic E-state index is 13.6. The molecule has 0 saturated carbocycles. The van der Waals surface area contributed by atoms with Crippen LogP contribution in [0.15, 0.2) is 24.3 Å². The third-order valence-electron chi connectivity index (χ3n) is 2.45. The molecule has 0 fully saturated rings. The van der Waals surface area contributed by atoms with Gasteiger partial charge in [-0.1, -0.05) is 34.8 Å². The molecule has 2 rings (SSSR count). The molecule has 0 radical (unpaired) electrons. The molecule has 1 N–H and O–H groups in total. The van der Waals surface area contributed by atoms with Gasteiger partial charge < -0.3 is 5.32 Å². The van der Waals surface area contributed by atoms with Crippen molar-refractivity contribution in [2.24, 2.45) is 0 Å². The third-order valence-corrected chi connectivity index (χ3v) is 4.20. The van der Waals surface area contributed by atoms with E-state index >= 15 is 0 Å². The number of halogens is 4. The molecule has 1 heterocycles. The SMILES string of the molecule is CC(Nc1cc(Cl)ccc1F)c1cc(Cl)sc1Cl. The van der Waals surface area contributed by atoms with Crippen molar-refractivity contribution < 1.29 is 4.39 Å². The number of hydrogen-bond donors (Lipinski definition) is 1. The molecular formula is C12H9Cl3FNS. The van der Waals surface area contributed by atoms with Crippen LogP contribution in [-0.4, -0.2) is 0 Å². The maximum absolute atomic E-state index is 13.6. The summed E-state index contributed by atoms with van der Waals surface area (Å²) in [6.45, 7) is 1.88.